The predicted molar refractivity (Wildman–Crippen MR) is 224 cm³/mol. The molecule has 0 N–H and O–H groups in total. The smallest absolute Gasteiger partial charge is 0.493 e. The van der Waals surface area contributed by atoms with Gasteiger partial charge in [0.15, 0.2) is 0 Å². The topological polar surface area (TPSA) is 25.3 Å². The zero-order chi connectivity index (χ0) is 36.8. The molecule has 1 heterocycles. The van der Waals surface area contributed by atoms with Gasteiger partial charge in [0.2, 0.25) is 11.4 Å². The number of aryl methyl sites for hydroxylation is 2. The fourth-order valence-electron chi connectivity index (χ4n) is 6.37. The van der Waals surface area contributed by atoms with Crippen molar-refractivity contribution < 1.29 is 21.2 Å². The standard InChI is InChI=1S/C40H60N2.2C4H9.Ni/c1-5-9-13-15-17-19-23-37-38(24-20-18-16-14-10-6-2)40(36-31-27-34(28-32-36)22-12-8-4)42(41)39(37)35-29-25-33(26-30-35)21-11-7-3;2*1-3-4-2;/h25-32H,5-24H2,1-4H3;2*1,3-4H2,2H3;/q;2*-1;+2. The summed E-state index contributed by atoms with van der Waals surface area (Å²) < 4.78 is 1.57. The second-order valence-electron chi connectivity index (χ2n) is 14.3. The van der Waals surface area contributed by atoms with Crippen molar-refractivity contribution in [3.05, 3.63) is 101 Å². The molecule has 51 heavy (non-hydrogen) atoms. The number of rotatable bonds is 24. The fourth-order valence-corrected chi connectivity index (χ4v) is 6.37. The Labute approximate surface area is 328 Å². The number of allylic oxidation sites excluding steroid dienone is 2. The van der Waals surface area contributed by atoms with Crippen LogP contribution in [0.3, 0.4) is 0 Å². The van der Waals surface area contributed by atoms with E-state index in [-0.39, 0.29) is 16.5 Å². The van der Waals surface area contributed by atoms with E-state index in [0.717, 1.165) is 61.0 Å². The van der Waals surface area contributed by atoms with Gasteiger partial charge in [0.25, 0.3) is 0 Å². The average Bonchev–Trinajstić information content (AvgIpc) is 3.43. The van der Waals surface area contributed by atoms with Gasteiger partial charge in [-0.1, -0.05) is 156 Å². The van der Waals surface area contributed by atoms with Crippen LogP contribution in [0.5, 0.6) is 0 Å². The molecule has 290 valence electrons. The van der Waals surface area contributed by atoms with Crippen LogP contribution in [0.2, 0.25) is 0 Å². The van der Waals surface area contributed by atoms with Crippen molar-refractivity contribution in [3.8, 4) is 0 Å². The quantitative estimate of drug-likeness (QED) is 0.0443. The van der Waals surface area contributed by atoms with E-state index in [1.54, 1.807) is 4.70 Å². The molecule has 2 nitrogen and oxygen atoms in total. The van der Waals surface area contributed by atoms with Crippen molar-refractivity contribution in [2.75, 3.05) is 0 Å². The summed E-state index contributed by atoms with van der Waals surface area (Å²) >= 11 is 0. The second-order valence-corrected chi connectivity index (χ2v) is 14.3. The third-order valence-corrected chi connectivity index (χ3v) is 9.72. The summed E-state index contributed by atoms with van der Waals surface area (Å²) in [5.41, 5.74) is 21.9. The molecule has 0 atom stereocenters. The second kappa shape index (κ2) is 32.6. The first-order valence-electron chi connectivity index (χ1n) is 21.2. The van der Waals surface area contributed by atoms with Crippen molar-refractivity contribution in [2.24, 2.45) is 0 Å². The maximum Gasteiger partial charge on any atom is 2.00 e. The molecule has 0 saturated heterocycles. The fraction of sp³-hybridized carbons (Fsp3) is 0.625. The van der Waals surface area contributed by atoms with E-state index in [4.69, 9.17) is 0 Å². The molecule has 0 aliphatic carbocycles. The minimum atomic E-state index is 0. The average molecular weight is 742 g/mol. The number of hydrogen-bond donors (Lipinski definition) is 0. The van der Waals surface area contributed by atoms with Crippen LogP contribution in [0.4, 0.5) is 0 Å². The Kier molecular flexibility index (Phi) is 31.4. The maximum absolute atomic E-state index is 12.0. The maximum atomic E-state index is 12.0. The molecule has 1 aliphatic heterocycles. The van der Waals surface area contributed by atoms with Gasteiger partial charge in [0, 0.05) is 22.3 Å². The van der Waals surface area contributed by atoms with E-state index >= 15 is 0 Å². The van der Waals surface area contributed by atoms with E-state index in [9.17, 15) is 5.53 Å². The number of unbranched alkanes of at least 4 members (excludes halogenated alkanes) is 14. The van der Waals surface area contributed by atoms with Crippen LogP contribution in [-0.4, -0.2) is 4.70 Å². The molecule has 3 rings (SSSR count). The van der Waals surface area contributed by atoms with Crippen molar-refractivity contribution in [2.45, 2.75) is 196 Å². The van der Waals surface area contributed by atoms with Gasteiger partial charge >= 0.3 is 16.5 Å². The molecule has 1 aliphatic rings. The molecule has 0 spiro atoms. The van der Waals surface area contributed by atoms with Crippen LogP contribution in [0.1, 0.15) is 205 Å². The first-order chi connectivity index (χ1) is 24.5. The first kappa shape index (κ1) is 49.0. The van der Waals surface area contributed by atoms with Gasteiger partial charge in [-0.05, 0) is 86.8 Å². The molecule has 0 fully saturated rings. The Morgan fingerprint density at radius 2 is 0.706 bits per heavy atom. The van der Waals surface area contributed by atoms with E-state index in [2.05, 4.69) is 104 Å². The van der Waals surface area contributed by atoms with Crippen LogP contribution in [0.25, 0.3) is 16.9 Å². The van der Waals surface area contributed by atoms with Gasteiger partial charge in [-0.25, -0.2) is 4.70 Å². The van der Waals surface area contributed by atoms with Gasteiger partial charge in [-0.2, -0.15) is 12.8 Å². The Bertz CT molecular complexity index is 1090. The van der Waals surface area contributed by atoms with Crippen molar-refractivity contribution >= 4 is 11.4 Å². The number of benzene rings is 2. The van der Waals surface area contributed by atoms with Gasteiger partial charge in [-0.15, -0.1) is 0 Å². The summed E-state index contributed by atoms with van der Waals surface area (Å²) in [6.45, 7) is 20.5. The van der Waals surface area contributed by atoms with Crippen LogP contribution < -0.4 is 0 Å². The van der Waals surface area contributed by atoms with Crippen LogP contribution in [0.15, 0.2) is 59.7 Å². The van der Waals surface area contributed by atoms with Gasteiger partial charge in [0.1, 0.15) is 0 Å². The van der Waals surface area contributed by atoms with Gasteiger partial charge < -0.3 is 19.4 Å². The first-order valence-corrected chi connectivity index (χ1v) is 21.2. The van der Waals surface area contributed by atoms with Crippen molar-refractivity contribution in [1.82, 2.24) is 0 Å². The van der Waals surface area contributed by atoms with Crippen LogP contribution in [-0.2, 0) is 29.3 Å². The molecule has 0 unspecified atom stereocenters. The van der Waals surface area contributed by atoms with Gasteiger partial charge in [0.05, 0.1) is 0 Å². The molecule has 2 aromatic carbocycles. The number of hydrogen-bond acceptors (Lipinski definition) is 0. The summed E-state index contributed by atoms with van der Waals surface area (Å²) in [6, 6.07) is 18.1. The Morgan fingerprint density at radius 3 is 1.00 bits per heavy atom. The van der Waals surface area contributed by atoms with Gasteiger partial charge in [-0.3, -0.25) is 0 Å². The van der Waals surface area contributed by atoms with Crippen LogP contribution in [0, 0.1) is 13.8 Å². The minimum absolute atomic E-state index is 0. The monoisotopic (exact) mass is 741 g/mol. The summed E-state index contributed by atoms with van der Waals surface area (Å²) in [4.78, 5) is 0. The summed E-state index contributed by atoms with van der Waals surface area (Å²) in [5, 5.41) is 0. The van der Waals surface area contributed by atoms with Crippen LogP contribution >= 0.6 is 0 Å². The molecule has 0 amide bonds. The summed E-state index contributed by atoms with van der Waals surface area (Å²) in [7, 11) is 0. The third-order valence-electron chi connectivity index (χ3n) is 9.72. The molecule has 2 aromatic rings. The third kappa shape index (κ3) is 19.6. The summed E-state index contributed by atoms with van der Waals surface area (Å²) in [6.07, 6.45) is 29.2. The molecule has 0 bridgehead atoms. The molecule has 3 heteroatoms. The zero-order valence-corrected chi connectivity index (χ0v) is 35.2. The molecule has 0 saturated carbocycles. The predicted octanol–water partition coefficient (Wildman–Crippen LogP) is 16.3. The molecular formula is C48H78N2Ni. The molecule has 0 aromatic heterocycles. The Balaban J connectivity index is 0.00000251. The van der Waals surface area contributed by atoms with E-state index in [1.807, 2.05) is 0 Å². The van der Waals surface area contributed by atoms with E-state index in [1.165, 1.54) is 138 Å². The van der Waals surface area contributed by atoms with E-state index in [0.29, 0.717) is 0 Å². The Morgan fingerprint density at radius 1 is 0.412 bits per heavy atom. The Hall–Kier alpha value is -1.99. The molecular weight excluding hydrogens is 663 g/mol. The summed E-state index contributed by atoms with van der Waals surface area (Å²) in [5.74, 6) is 0. The largest absolute Gasteiger partial charge is 2.00 e. The van der Waals surface area contributed by atoms with Crippen molar-refractivity contribution in [3.63, 3.8) is 0 Å². The van der Waals surface area contributed by atoms with E-state index < -0.39 is 0 Å². The minimum Gasteiger partial charge on any atom is -0.493 e. The molecule has 0 radical (unpaired) electrons. The number of nitrogens with zero attached hydrogens (tertiary/aromatic N) is 2. The normalized spacial score (nSPS) is 12.4. The zero-order valence-electron chi connectivity index (χ0n) is 34.2. The van der Waals surface area contributed by atoms with Crippen molar-refractivity contribution in [1.29, 1.82) is 0 Å². The SMILES string of the molecule is CCCCCCCCC1=C(c2ccc(CCCC)cc2)[N+](=[N-])C(c2ccc(CCCC)cc2)=C1CCCCCCCC.[CH2-]CCC.[CH2-]CCC.[Ni+2].